The Kier molecular flexibility index (Phi) is 5.55. The van der Waals surface area contributed by atoms with Gasteiger partial charge in [0, 0.05) is 44.4 Å². The van der Waals surface area contributed by atoms with E-state index in [1.54, 1.807) is 15.9 Å². The smallest absolute Gasteiger partial charge is 0.272 e. The van der Waals surface area contributed by atoms with Gasteiger partial charge in [-0.2, -0.15) is 5.10 Å². The topological polar surface area (TPSA) is 122 Å². The summed E-state index contributed by atoms with van der Waals surface area (Å²) in [6.45, 7) is 2.36. The molecule has 2 aliphatic rings. The van der Waals surface area contributed by atoms with E-state index in [1.807, 2.05) is 24.3 Å². The molecular weight excluding hydrogens is 422 g/mol. The Bertz CT molecular complexity index is 1290. The lowest BCUT2D eigenvalue weighted by Crippen LogP contribution is -2.52. The van der Waals surface area contributed by atoms with Gasteiger partial charge in [0.2, 0.25) is 5.91 Å². The monoisotopic (exact) mass is 447 g/mol. The molecule has 2 aliphatic heterocycles. The van der Waals surface area contributed by atoms with E-state index in [9.17, 15) is 14.4 Å². The Morgan fingerprint density at radius 2 is 1.79 bits per heavy atom. The normalized spacial score (nSPS) is 15.4. The second kappa shape index (κ2) is 8.67. The summed E-state index contributed by atoms with van der Waals surface area (Å²) in [6.07, 6.45) is 1.21. The number of nitrogens with two attached hydrogens (primary N) is 1. The molecule has 5 rings (SSSR count). The van der Waals surface area contributed by atoms with Crippen molar-refractivity contribution in [3.05, 3.63) is 69.1 Å². The maximum atomic E-state index is 13.4. The summed E-state index contributed by atoms with van der Waals surface area (Å²) in [5, 5.41) is 8.25. The fourth-order valence-corrected chi connectivity index (χ4v) is 4.59. The van der Waals surface area contributed by atoms with Crippen molar-refractivity contribution in [2.45, 2.75) is 12.8 Å². The van der Waals surface area contributed by atoms with Crippen LogP contribution in [0.2, 0.25) is 0 Å². The number of ether oxygens (including phenoxy) is 1. The number of benzene rings is 2. The van der Waals surface area contributed by atoms with Gasteiger partial charge in [-0.3, -0.25) is 14.4 Å². The summed E-state index contributed by atoms with van der Waals surface area (Å²) in [5.74, 6) is 0.437. The summed E-state index contributed by atoms with van der Waals surface area (Å²) >= 11 is 0. The fraction of sp³-hybridized carbons (Fsp3) is 0.333. The fourth-order valence-electron chi connectivity index (χ4n) is 4.59. The van der Waals surface area contributed by atoms with Gasteiger partial charge >= 0.3 is 0 Å². The van der Waals surface area contributed by atoms with Crippen molar-refractivity contribution in [1.82, 2.24) is 20.0 Å². The first-order chi connectivity index (χ1) is 16.0. The quantitative estimate of drug-likeness (QED) is 0.607. The van der Waals surface area contributed by atoms with Crippen LogP contribution in [0.15, 0.2) is 41.2 Å². The van der Waals surface area contributed by atoms with Crippen LogP contribution in [0, 0.1) is 0 Å². The summed E-state index contributed by atoms with van der Waals surface area (Å²) in [6, 6.07) is 11.3. The van der Waals surface area contributed by atoms with Gasteiger partial charge in [0.1, 0.15) is 5.75 Å². The summed E-state index contributed by atoms with van der Waals surface area (Å²) < 4.78 is 5.82. The Hall–Kier alpha value is -3.72. The predicted molar refractivity (Wildman–Crippen MR) is 122 cm³/mol. The van der Waals surface area contributed by atoms with Gasteiger partial charge in [0.05, 0.1) is 29.8 Å². The zero-order valence-electron chi connectivity index (χ0n) is 18.2. The Morgan fingerprint density at radius 1 is 1.06 bits per heavy atom. The number of piperazine rings is 1. The number of amides is 2. The van der Waals surface area contributed by atoms with Crippen molar-refractivity contribution in [3.8, 4) is 5.75 Å². The molecule has 3 N–H and O–H groups in total. The maximum absolute atomic E-state index is 13.4. The number of nitrogens with zero attached hydrogens (tertiary/aromatic N) is 3. The van der Waals surface area contributed by atoms with Crippen molar-refractivity contribution in [1.29, 1.82) is 0 Å². The molecule has 0 atom stereocenters. The summed E-state index contributed by atoms with van der Waals surface area (Å²) in [4.78, 5) is 40.8. The molecule has 170 valence electrons. The highest BCUT2D eigenvalue weighted by molar-refractivity contribution is 5.98. The van der Waals surface area contributed by atoms with Crippen molar-refractivity contribution >= 4 is 22.6 Å². The third kappa shape index (κ3) is 3.95. The molecular formula is C24H25N5O4. The van der Waals surface area contributed by atoms with Gasteiger partial charge in [-0.15, -0.1) is 0 Å². The van der Waals surface area contributed by atoms with Gasteiger partial charge in [-0.25, -0.2) is 5.10 Å². The molecule has 1 fully saturated rings. The molecule has 9 nitrogen and oxygen atoms in total. The predicted octanol–water partition coefficient (Wildman–Crippen LogP) is 0.692. The zero-order valence-corrected chi connectivity index (χ0v) is 18.2. The van der Waals surface area contributed by atoms with Crippen LogP contribution < -0.4 is 16.0 Å². The Labute approximate surface area is 190 Å². The van der Waals surface area contributed by atoms with Crippen molar-refractivity contribution in [2.24, 2.45) is 5.73 Å². The molecule has 0 saturated carbocycles. The first kappa shape index (κ1) is 21.1. The first-order valence-electron chi connectivity index (χ1n) is 11.1. The molecule has 0 unspecified atom stereocenters. The number of hydrogen-bond donors (Lipinski definition) is 2. The summed E-state index contributed by atoms with van der Waals surface area (Å²) in [7, 11) is 0. The maximum Gasteiger partial charge on any atom is 0.272 e. The molecule has 3 heterocycles. The van der Waals surface area contributed by atoms with Gasteiger partial charge in [-0.1, -0.05) is 24.3 Å². The van der Waals surface area contributed by atoms with Gasteiger partial charge < -0.3 is 20.3 Å². The molecule has 0 spiro atoms. The van der Waals surface area contributed by atoms with Crippen molar-refractivity contribution < 1.29 is 14.3 Å². The third-order valence-corrected chi connectivity index (χ3v) is 6.31. The summed E-state index contributed by atoms with van der Waals surface area (Å²) in [5.41, 5.74) is 8.45. The number of fused-ring (bicyclic) bond motifs is 2. The largest absolute Gasteiger partial charge is 0.492 e. The third-order valence-electron chi connectivity index (χ3n) is 6.31. The Balaban J connectivity index is 1.44. The average molecular weight is 447 g/mol. The van der Waals surface area contributed by atoms with Gasteiger partial charge in [-0.05, 0) is 23.3 Å². The molecule has 1 aromatic heterocycles. The number of aromatic amines is 1. The lowest BCUT2D eigenvalue weighted by molar-refractivity contribution is -0.131. The second-order valence-corrected chi connectivity index (χ2v) is 8.33. The molecule has 1 saturated heterocycles. The minimum atomic E-state index is -0.222. The molecule has 33 heavy (non-hydrogen) atoms. The van der Waals surface area contributed by atoms with E-state index < -0.39 is 0 Å². The molecule has 9 heteroatoms. The van der Waals surface area contributed by atoms with Crippen LogP contribution in [-0.2, 0) is 17.6 Å². The van der Waals surface area contributed by atoms with E-state index in [2.05, 4.69) is 16.3 Å². The van der Waals surface area contributed by atoms with E-state index in [1.165, 1.54) is 0 Å². The van der Waals surface area contributed by atoms with Crippen LogP contribution in [0.25, 0.3) is 10.8 Å². The van der Waals surface area contributed by atoms with E-state index in [0.29, 0.717) is 55.9 Å². The van der Waals surface area contributed by atoms with E-state index >= 15 is 0 Å². The number of carbonyl (C=O) groups excluding carboxylic acids is 2. The second-order valence-electron chi connectivity index (χ2n) is 8.33. The van der Waals surface area contributed by atoms with Gasteiger partial charge in [0.25, 0.3) is 11.5 Å². The minimum Gasteiger partial charge on any atom is -0.492 e. The average Bonchev–Trinajstić information content (AvgIpc) is 3.33. The van der Waals surface area contributed by atoms with Crippen molar-refractivity contribution in [2.75, 3.05) is 39.3 Å². The number of aromatic nitrogens is 2. The highest BCUT2D eigenvalue weighted by Gasteiger charge is 2.29. The SMILES string of the molecule is NCC(=O)N1CCN(C(=O)c2cc(Cc3n[nH]c(=O)c4ccccc34)cc3c2OCC3)CC1. The number of H-pyrrole nitrogens is 1. The molecule has 0 aliphatic carbocycles. The zero-order chi connectivity index (χ0) is 22.9. The van der Waals surface area contributed by atoms with Crippen molar-refractivity contribution in [3.63, 3.8) is 0 Å². The number of nitrogens with one attached hydrogen (secondary N) is 1. The molecule has 0 bridgehead atoms. The first-order valence-corrected chi connectivity index (χ1v) is 11.1. The van der Waals surface area contributed by atoms with Crippen LogP contribution in [0.1, 0.15) is 27.2 Å². The lowest BCUT2D eigenvalue weighted by atomic mass is 9.98. The van der Waals surface area contributed by atoms with Crippen LogP contribution in [0.5, 0.6) is 5.75 Å². The number of rotatable bonds is 4. The Morgan fingerprint density at radius 3 is 2.55 bits per heavy atom. The number of carbonyl (C=O) groups is 2. The highest BCUT2D eigenvalue weighted by atomic mass is 16.5. The highest BCUT2D eigenvalue weighted by Crippen LogP contribution is 2.33. The van der Waals surface area contributed by atoms with Crippen LogP contribution >= 0.6 is 0 Å². The molecule has 3 aromatic rings. The molecule has 2 amide bonds. The number of hydrogen-bond acceptors (Lipinski definition) is 6. The van der Waals surface area contributed by atoms with E-state index in [4.69, 9.17) is 10.5 Å². The van der Waals surface area contributed by atoms with E-state index in [0.717, 1.165) is 28.6 Å². The standard InChI is InChI=1S/C24H25N5O4/c25-14-21(30)28-6-8-29(9-7-28)24(32)19-12-15(11-16-5-10-33-22(16)19)13-20-17-3-1-2-4-18(17)23(31)27-26-20/h1-4,11-12H,5-10,13-14,25H2,(H,27,31). The minimum absolute atomic E-state index is 0.0230. The lowest BCUT2D eigenvalue weighted by Gasteiger charge is -2.34. The van der Waals surface area contributed by atoms with Gasteiger partial charge in [0.15, 0.2) is 0 Å². The molecule has 2 aromatic carbocycles. The van der Waals surface area contributed by atoms with Crippen LogP contribution in [0.4, 0.5) is 0 Å². The molecule has 0 radical (unpaired) electrons. The van der Waals surface area contributed by atoms with Crippen LogP contribution in [-0.4, -0.2) is 71.1 Å². The van der Waals surface area contributed by atoms with E-state index in [-0.39, 0.29) is 23.9 Å². The van der Waals surface area contributed by atoms with Crippen LogP contribution in [0.3, 0.4) is 0 Å².